The lowest BCUT2D eigenvalue weighted by Crippen LogP contribution is -2.17. The van der Waals surface area contributed by atoms with E-state index in [0.717, 1.165) is 0 Å². The highest BCUT2D eigenvalue weighted by Gasteiger charge is 2.30. The Bertz CT molecular complexity index is 813. The fourth-order valence-electron chi connectivity index (χ4n) is 1.68. The zero-order chi connectivity index (χ0) is 21.4. The number of ether oxygens (including phenoxy) is 1. The molecule has 3 N–H and O–H groups in total. The zero-order valence-corrected chi connectivity index (χ0v) is 14.6. The highest BCUT2D eigenvalue weighted by Crippen LogP contribution is 2.23. The Morgan fingerprint density at radius 2 is 2.00 bits per heavy atom. The van der Waals surface area contributed by atoms with Gasteiger partial charge in [-0.3, -0.25) is 10.2 Å². The third-order valence-electron chi connectivity index (χ3n) is 2.71. The lowest BCUT2D eigenvalue weighted by Gasteiger charge is -2.09. The molecule has 1 aromatic rings. The summed E-state index contributed by atoms with van der Waals surface area (Å²) >= 11 is 0. The molecule has 1 rings (SSSR count). The Morgan fingerprint density at radius 1 is 1.32 bits per heavy atom. The predicted molar refractivity (Wildman–Crippen MR) is 95.8 cm³/mol. The number of nitrogens with zero attached hydrogens (tertiary/aromatic N) is 1. The van der Waals surface area contributed by atoms with Gasteiger partial charge in [-0.1, -0.05) is 36.1 Å². The number of alkyl halides is 3. The highest BCUT2D eigenvalue weighted by molar-refractivity contribution is 5.95. The minimum Gasteiger partial charge on any atom is -0.406 e. The van der Waals surface area contributed by atoms with Crippen molar-refractivity contribution in [1.82, 2.24) is 0 Å². The van der Waals surface area contributed by atoms with Crippen LogP contribution in [0.2, 0.25) is 0 Å². The molecule has 0 aliphatic heterocycles. The average molecular weight is 395 g/mol. The van der Waals surface area contributed by atoms with Crippen molar-refractivity contribution >= 4 is 12.4 Å². The Balaban J connectivity index is 0.00000227. The zero-order valence-electron chi connectivity index (χ0n) is 14.6. The Kier molecular flexibility index (Phi) is 11.8. The number of allylic oxidation sites excluding steroid dienone is 4. The smallest absolute Gasteiger partial charge is 0.406 e. The van der Waals surface area contributed by atoms with Crippen molar-refractivity contribution in [3.63, 3.8) is 0 Å². The molecule has 1 amide bonds. The minimum absolute atomic E-state index is 0.136. The van der Waals surface area contributed by atoms with E-state index in [2.05, 4.69) is 22.3 Å². The summed E-state index contributed by atoms with van der Waals surface area (Å²) in [4.78, 5) is 8.58. The summed E-state index contributed by atoms with van der Waals surface area (Å²) in [6.45, 7) is 0. The van der Waals surface area contributed by atoms with E-state index in [0.29, 0.717) is 12.0 Å². The van der Waals surface area contributed by atoms with Crippen LogP contribution in [0.4, 0.5) is 17.6 Å². The van der Waals surface area contributed by atoms with Gasteiger partial charge in [0.15, 0.2) is 0 Å². The number of carbonyl (C=O) groups excluding carboxylic acids is 1. The minimum atomic E-state index is -4.75. The number of hydrogen-bond donors (Lipinski definition) is 2. The molecular formula is C19H17F4N3O2. The summed E-state index contributed by atoms with van der Waals surface area (Å²) in [5.74, 6) is 3.51. The number of nitriles is 1. The van der Waals surface area contributed by atoms with Crippen molar-refractivity contribution in [3.8, 4) is 23.7 Å². The average Bonchev–Trinajstić information content (AvgIpc) is 2.59. The first-order valence-corrected chi connectivity index (χ1v) is 7.70. The van der Waals surface area contributed by atoms with Gasteiger partial charge in [0.25, 0.3) is 0 Å². The lowest BCUT2D eigenvalue weighted by atomic mass is 10.1. The molecule has 0 heterocycles. The molecule has 9 heteroatoms. The molecule has 0 bridgehead atoms. The van der Waals surface area contributed by atoms with E-state index in [1.807, 2.05) is 6.07 Å². The number of benzene rings is 1. The number of carbonyl (C=O) groups is 1. The van der Waals surface area contributed by atoms with Gasteiger partial charge in [0.05, 0.1) is 11.6 Å². The van der Waals surface area contributed by atoms with E-state index in [1.165, 1.54) is 30.4 Å². The Labute approximate surface area is 159 Å². The monoisotopic (exact) mass is 395 g/mol. The van der Waals surface area contributed by atoms with Gasteiger partial charge in [0.2, 0.25) is 12.4 Å². The fourth-order valence-corrected chi connectivity index (χ4v) is 1.68. The van der Waals surface area contributed by atoms with Gasteiger partial charge >= 0.3 is 6.36 Å². The molecule has 0 aromatic heterocycles. The van der Waals surface area contributed by atoms with Gasteiger partial charge in [-0.05, 0) is 30.2 Å². The molecule has 0 aliphatic rings. The van der Waals surface area contributed by atoms with E-state index < -0.39 is 12.3 Å². The first-order chi connectivity index (χ1) is 13.2. The summed E-state index contributed by atoms with van der Waals surface area (Å²) in [5, 5.41) is 15.4. The third kappa shape index (κ3) is 12.7. The standard InChI is InChI=1S/C18H14F4N2O.CH3NO/c19-17(24)15(9-2-1-5-12-23)10-4-3-7-14-8-6-11-16(13-14)25-18(20,21)22;2-1-3/h3-4,6,8,10-11,13,24H,1,5,7H2;1H,(H2,2,3)/b4-3+,15-10-,24-17?;. The quantitative estimate of drug-likeness (QED) is 0.190. The second-order valence-electron chi connectivity index (χ2n) is 4.82. The van der Waals surface area contributed by atoms with E-state index >= 15 is 0 Å². The van der Waals surface area contributed by atoms with Gasteiger partial charge in [-0.25, -0.2) is 0 Å². The van der Waals surface area contributed by atoms with Crippen LogP contribution in [0.5, 0.6) is 5.75 Å². The molecule has 0 saturated carbocycles. The van der Waals surface area contributed by atoms with E-state index in [9.17, 15) is 17.6 Å². The Hall–Kier alpha value is -3.59. The van der Waals surface area contributed by atoms with Crippen molar-refractivity contribution in [3.05, 3.63) is 53.6 Å². The molecular weight excluding hydrogens is 378 g/mol. The summed E-state index contributed by atoms with van der Waals surface area (Å²) in [6.07, 6.45) is 0.616. The van der Waals surface area contributed by atoms with Crippen LogP contribution in [0, 0.1) is 28.6 Å². The number of rotatable bonds is 6. The van der Waals surface area contributed by atoms with Crippen molar-refractivity contribution < 1.29 is 27.1 Å². The van der Waals surface area contributed by atoms with Gasteiger partial charge in [0, 0.05) is 12.8 Å². The van der Waals surface area contributed by atoms with Gasteiger partial charge < -0.3 is 10.5 Å². The van der Waals surface area contributed by atoms with Crippen molar-refractivity contribution in [2.24, 2.45) is 5.73 Å². The van der Waals surface area contributed by atoms with Crippen molar-refractivity contribution in [2.45, 2.75) is 25.6 Å². The largest absolute Gasteiger partial charge is 0.573 e. The van der Waals surface area contributed by atoms with Crippen molar-refractivity contribution in [1.29, 1.82) is 10.7 Å². The maximum atomic E-state index is 13.0. The number of primary amides is 1. The van der Waals surface area contributed by atoms with Crippen LogP contribution < -0.4 is 10.5 Å². The van der Waals surface area contributed by atoms with Crippen LogP contribution in [0.1, 0.15) is 18.4 Å². The molecule has 1 aromatic carbocycles. The molecule has 0 unspecified atom stereocenters. The van der Waals surface area contributed by atoms with Gasteiger partial charge in [0.1, 0.15) is 5.75 Å². The molecule has 0 aliphatic carbocycles. The van der Waals surface area contributed by atoms with Gasteiger partial charge in [-0.15, -0.1) is 13.2 Å². The summed E-state index contributed by atoms with van der Waals surface area (Å²) in [7, 11) is 0. The van der Waals surface area contributed by atoms with Crippen LogP contribution >= 0.6 is 0 Å². The first-order valence-electron chi connectivity index (χ1n) is 7.70. The van der Waals surface area contributed by atoms with E-state index in [4.69, 9.17) is 15.5 Å². The van der Waals surface area contributed by atoms with Crippen LogP contribution in [0.3, 0.4) is 0 Å². The maximum Gasteiger partial charge on any atom is 0.573 e. The number of amides is 1. The summed E-state index contributed by atoms with van der Waals surface area (Å²) in [6, 6.07) is 7.40. The number of unbranched alkanes of at least 4 members (excludes halogenated alkanes) is 1. The number of nitrogens with two attached hydrogens (primary N) is 1. The van der Waals surface area contributed by atoms with Crippen LogP contribution in [0.25, 0.3) is 0 Å². The topological polar surface area (TPSA) is 100.0 Å². The van der Waals surface area contributed by atoms with Crippen molar-refractivity contribution in [2.75, 3.05) is 0 Å². The fraction of sp³-hybridized carbons (Fsp3) is 0.211. The maximum absolute atomic E-state index is 13.0. The second-order valence-corrected chi connectivity index (χ2v) is 4.82. The highest BCUT2D eigenvalue weighted by atomic mass is 19.4. The molecule has 0 atom stereocenters. The van der Waals surface area contributed by atoms with Crippen LogP contribution in [-0.2, 0) is 11.2 Å². The normalized spacial score (nSPS) is 10.8. The lowest BCUT2D eigenvalue weighted by molar-refractivity contribution is -0.274. The molecule has 0 fully saturated rings. The summed E-state index contributed by atoms with van der Waals surface area (Å²) < 4.78 is 53.3. The van der Waals surface area contributed by atoms with Gasteiger partial charge in [-0.2, -0.15) is 9.65 Å². The molecule has 0 saturated heterocycles. The predicted octanol–water partition coefficient (Wildman–Crippen LogP) is 3.97. The number of halogens is 4. The van der Waals surface area contributed by atoms with E-state index in [1.54, 1.807) is 12.1 Å². The molecule has 5 nitrogen and oxygen atoms in total. The van der Waals surface area contributed by atoms with E-state index in [-0.39, 0.29) is 30.6 Å². The SMILES string of the molecule is N#CCCC#C/C(=C/C=C/Cc1cccc(OC(F)(F)F)c1)C(=N)F.NC=O. The third-order valence-corrected chi connectivity index (χ3v) is 2.71. The number of hydrogen-bond acceptors (Lipinski definition) is 4. The van der Waals surface area contributed by atoms with Crippen LogP contribution in [-0.4, -0.2) is 18.7 Å². The molecule has 28 heavy (non-hydrogen) atoms. The Morgan fingerprint density at radius 3 is 2.57 bits per heavy atom. The molecule has 0 radical (unpaired) electrons. The molecule has 0 spiro atoms. The van der Waals surface area contributed by atoms with Crippen LogP contribution in [0.15, 0.2) is 48.1 Å². The second kappa shape index (κ2) is 13.6. The number of nitrogens with one attached hydrogen (secondary N) is 1. The first kappa shape index (κ1) is 24.4. The summed E-state index contributed by atoms with van der Waals surface area (Å²) in [5.41, 5.74) is 4.60. The molecule has 148 valence electrons.